The van der Waals surface area contributed by atoms with E-state index >= 15 is 0 Å². The molecule has 0 saturated carbocycles. The van der Waals surface area contributed by atoms with E-state index in [4.69, 9.17) is 18.5 Å². The van der Waals surface area contributed by atoms with Gasteiger partial charge in [0.15, 0.2) is 0 Å². The molecule has 0 bridgehead atoms. The van der Waals surface area contributed by atoms with Crippen LogP contribution in [0.4, 0.5) is 0 Å². The zero-order valence-electron chi connectivity index (χ0n) is 15.8. The molecule has 0 aliphatic heterocycles. The van der Waals surface area contributed by atoms with Gasteiger partial charge in [0.05, 0.1) is 18.5 Å². The molecule has 27 heavy (non-hydrogen) atoms. The summed E-state index contributed by atoms with van der Waals surface area (Å²) in [7, 11) is -3.76. The lowest BCUT2D eigenvalue weighted by Gasteiger charge is -2.23. The standard InChI is InChI=1S/C19H25O7P/c1-6-18(20)25-15(4)12-23-27(22,17-11-9-8-10-14(17)3)24-13-16(5)26-19(21)7-2/h6-11,15-16H,1-2,12-13H2,3-5H3. The number of ether oxygens (including phenoxy) is 2. The fourth-order valence-electron chi connectivity index (χ4n) is 2.01. The third-order valence-electron chi connectivity index (χ3n) is 3.34. The topological polar surface area (TPSA) is 88.1 Å². The summed E-state index contributed by atoms with van der Waals surface area (Å²) >= 11 is 0. The van der Waals surface area contributed by atoms with Crippen molar-refractivity contribution < 1.29 is 32.7 Å². The molecule has 1 aromatic carbocycles. The number of hydrogen-bond donors (Lipinski definition) is 0. The largest absolute Gasteiger partial charge is 0.457 e. The molecule has 0 N–H and O–H groups in total. The molecule has 0 radical (unpaired) electrons. The number of esters is 2. The molecular formula is C19H25O7P. The summed E-state index contributed by atoms with van der Waals surface area (Å²) in [6, 6.07) is 6.92. The Hall–Kier alpha value is -2.21. The third-order valence-corrected chi connectivity index (χ3v) is 5.41. The van der Waals surface area contributed by atoms with E-state index in [0.717, 1.165) is 12.2 Å². The van der Waals surface area contributed by atoms with Gasteiger partial charge < -0.3 is 18.5 Å². The predicted octanol–water partition coefficient (Wildman–Crippen LogP) is 3.08. The molecule has 0 fully saturated rings. The molecule has 0 aliphatic rings. The van der Waals surface area contributed by atoms with E-state index < -0.39 is 31.7 Å². The van der Waals surface area contributed by atoms with Crippen LogP contribution in [-0.4, -0.2) is 37.4 Å². The van der Waals surface area contributed by atoms with Gasteiger partial charge in [-0.3, -0.25) is 4.57 Å². The Bertz CT molecular complexity index is 693. The number of benzene rings is 1. The summed E-state index contributed by atoms with van der Waals surface area (Å²) in [6.07, 6.45) is 0.743. The Morgan fingerprint density at radius 3 is 1.85 bits per heavy atom. The molecule has 7 nitrogen and oxygen atoms in total. The van der Waals surface area contributed by atoms with Gasteiger partial charge >= 0.3 is 19.5 Å². The molecule has 0 spiro atoms. The monoisotopic (exact) mass is 396 g/mol. The first kappa shape index (κ1) is 22.8. The van der Waals surface area contributed by atoms with Crippen LogP contribution < -0.4 is 5.30 Å². The molecule has 148 valence electrons. The summed E-state index contributed by atoms with van der Waals surface area (Å²) in [5.74, 6) is -1.22. The van der Waals surface area contributed by atoms with Crippen LogP contribution in [0.25, 0.3) is 0 Å². The number of carbonyl (C=O) groups excluding carboxylic acids is 2. The SMILES string of the molecule is C=CC(=O)OC(C)COP(=O)(OCC(C)OC(=O)C=C)c1ccccc1C. The van der Waals surface area contributed by atoms with Crippen molar-refractivity contribution in [3.63, 3.8) is 0 Å². The maximum Gasteiger partial charge on any atom is 0.361 e. The average molecular weight is 396 g/mol. The maximum absolute atomic E-state index is 13.4. The summed E-state index contributed by atoms with van der Waals surface area (Å²) < 4.78 is 34.5. The van der Waals surface area contributed by atoms with E-state index in [0.29, 0.717) is 10.9 Å². The van der Waals surface area contributed by atoms with Crippen LogP contribution in [0.1, 0.15) is 19.4 Å². The van der Waals surface area contributed by atoms with Crippen molar-refractivity contribution in [3.05, 3.63) is 55.1 Å². The summed E-state index contributed by atoms with van der Waals surface area (Å²) in [6.45, 7) is 11.3. The lowest BCUT2D eigenvalue weighted by molar-refractivity contribution is -0.143. The first-order valence-electron chi connectivity index (χ1n) is 8.33. The van der Waals surface area contributed by atoms with E-state index in [-0.39, 0.29) is 13.2 Å². The van der Waals surface area contributed by atoms with E-state index in [1.165, 1.54) is 0 Å². The van der Waals surface area contributed by atoms with Gasteiger partial charge in [-0.15, -0.1) is 0 Å². The summed E-state index contributed by atoms with van der Waals surface area (Å²) in [5, 5.41) is 0.384. The quantitative estimate of drug-likeness (QED) is 0.323. The first-order chi connectivity index (χ1) is 12.7. The van der Waals surface area contributed by atoms with E-state index in [1.54, 1.807) is 45.0 Å². The van der Waals surface area contributed by atoms with Crippen molar-refractivity contribution in [2.45, 2.75) is 33.0 Å². The summed E-state index contributed by atoms with van der Waals surface area (Å²) in [5.41, 5.74) is 0.715. The fraction of sp³-hybridized carbons (Fsp3) is 0.368. The molecule has 0 aromatic heterocycles. The van der Waals surface area contributed by atoms with Gasteiger partial charge in [0, 0.05) is 12.2 Å². The highest BCUT2D eigenvalue weighted by Crippen LogP contribution is 2.48. The second-order valence-electron chi connectivity index (χ2n) is 5.78. The Morgan fingerprint density at radius 1 is 1.00 bits per heavy atom. The molecular weight excluding hydrogens is 371 g/mol. The predicted molar refractivity (Wildman–Crippen MR) is 102 cm³/mol. The zero-order valence-corrected chi connectivity index (χ0v) is 16.6. The van der Waals surface area contributed by atoms with Gasteiger partial charge in [0.25, 0.3) is 0 Å². The van der Waals surface area contributed by atoms with E-state index in [9.17, 15) is 14.2 Å². The maximum atomic E-state index is 13.4. The summed E-state index contributed by atoms with van der Waals surface area (Å²) in [4.78, 5) is 22.5. The van der Waals surface area contributed by atoms with Crippen LogP contribution in [0.15, 0.2) is 49.6 Å². The minimum atomic E-state index is -3.76. The second kappa shape index (κ2) is 10.8. The van der Waals surface area contributed by atoms with E-state index in [1.807, 2.05) is 0 Å². The van der Waals surface area contributed by atoms with Gasteiger partial charge in [-0.2, -0.15) is 0 Å². The van der Waals surface area contributed by atoms with Crippen molar-refractivity contribution >= 4 is 24.8 Å². The number of carbonyl (C=O) groups is 2. The molecule has 0 aliphatic carbocycles. The van der Waals surface area contributed by atoms with Crippen molar-refractivity contribution in [1.82, 2.24) is 0 Å². The zero-order chi connectivity index (χ0) is 20.4. The molecule has 1 aromatic rings. The molecule has 2 atom stereocenters. The third kappa shape index (κ3) is 7.51. The van der Waals surface area contributed by atoms with Gasteiger partial charge in [0.2, 0.25) is 0 Å². The van der Waals surface area contributed by atoms with Gasteiger partial charge in [-0.1, -0.05) is 31.4 Å². The molecule has 0 saturated heterocycles. The second-order valence-corrected chi connectivity index (χ2v) is 7.77. The van der Waals surface area contributed by atoms with Gasteiger partial charge in [-0.25, -0.2) is 9.59 Å². The Labute approximate surface area is 159 Å². The number of rotatable bonds is 11. The normalized spacial score (nSPS) is 15.1. The van der Waals surface area contributed by atoms with Crippen molar-refractivity contribution in [3.8, 4) is 0 Å². The first-order valence-corrected chi connectivity index (χ1v) is 9.87. The van der Waals surface area contributed by atoms with Crippen molar-refractivity contribution in [2.75, 3.05) is 13.2 Å². The van der Waals surface area contributed by atoms with Gasteiger partial charge in [0.1, 0.15) is 12.2 Å². The van der Waals surface area contributed by atoms with Crippen LogP contribution in [0.5, 0.6) is 0 Å². The van der Waals surface area contributed by atoms with Crippen molar-refractivity contribution in [2.24, 2.45) is 0 Å². The molecule has 0 heterocycles. The Morgan fingerprint density at radius 2 is 1.44 bits per heavy atom. The van der Waals surface area contributed by atoms with Crippen LogP contribution in [-0.2, 0) is 32.7 Å². The number of aryl methyl sites for hydroxylation is 1. The Balaban J connectivity index is 2.90. The van der Waals surface area contributed by atoms with Crippen molar-refractivity contribution in [1.29, 1.82) is 0 Å². The van der Waals surface area contributed by atoms with Crippen LogP contribution in [0.2, 0.25) is 0 Å². The van der Waals surface area contributed by atoms with E-state index in [2.05, 4.69) is 13.2 Å². The van der Waals surface area contributed by atoms with Crippen LogP contribution in [0, 0.1) is 6.92 Å². The highest BCUT2D eigenvalue weighted by Gasteiger charge is 2.31. The fourth-order valence-corrected chi connectivity index (χ4v) is 3.95. The molecule has 2 unspecified atom stereocenters. The smallest absolute Gasteiger partial charge is 0.361 e. The van der Waals surface area contributed by atoms with Gasteiger partial charge in [-0.05, 0) is 32.4 Å². The number of hydrogen-bond acceptors (Lipinski definition) is 7. The minimum absolute atomic E-state index is 0.147. The molecule has 0 amide bonds. The van der Waals surface area contributed by atoms with Crippen LogP contribution in [0.3, 0.4) is 0 Å². The highest BCUT2D eigenvalue weighted by molar-refractivity contribution is 7.62. The molecule has 1 rings (SSSR count). The Kier molecular flexibility index (Phi) is 9.15. The highest BCUT2D eigenvalue weighted by atomic mass is 31.2. The lowest BCUT2D eigenvalue weighted by atomic mass is 10.2. The molecule has 8 heteroatoms. The van der Waals surface area contributed by atoms with Crippen LogP contribution >= 0.6 is 7.60 Å². The lowest BCUT2D eigenvalue weighted by Crippen LogP contribution is -2.24. The average Bonchev–Trinajstić information content (AvgIpc) is 2.64. The minimum Gasteiger partial charge on any atom is -0.457 e.